The number of cyclic esters (lactones) is 1. The normalized spacial score (nSPS) is 51.5. The van der Waals surface area contributed by atoms with Gasteiger partial charge in [-0.05, 0) is 74.0 Å². The maximum atomic E-state index is 13.7. The molecule has 0 amide bonds. The van der Waals surface area contributed by atoms with E-state index in [4.69, 9.17) is 14.2 Å². The van der Waals surface area contributed by atoms with Crippen molar-refractivity contribution in [2.24, 2.45) is 40.4 Å². The minimum Gasteiger partial charge on any atom is -0.458 e. The van der Waals surface area contributed by atoms with Crippen LogP contribution in [0.2, 0.25) is 0 Å². The van der Waals surface area contributed by atoms with Gasteiger partial charge in [0.05, 0.1) is 36.4 Å². The Bertz CT molecular complexity index is 1020. The van der Waals surface area contributed by atoms with Crippen LogP contribution in [0.4, 0.5) is 0 Å². The number of epoxide rings is 1. The van der Waals surface area contributed by atoms with Gasteiger partial charge in [-0.25, -0.2) is 4.79 Å². The lowest BCUT2D eigenvalue weighted by Gasteiger charge is -2.60. The third-order valence-electron chi connectivity index (χ3n) is 12.2. The minimum atomic E-state index is -1.07. The molecule has 1 spiro atoms. The van der Waals surface area contributed by atoms with Crippen LogP contribution in [0.15, 0.2) is 11.1 Å². The van der Waals surface area contributed by atoms with Crippen molar-refractivity contribution >= 4 is 11.8 Å². The molecule has 206 valence electrons. The summed E-state index contributed by atoms with van der Waals surface area (Å²) in [5.41, 5.74) is -0.746. The molecule has 4 saturated carbocycles. The lowest BCUT2D eigenvalue weighted by Crippen LogP contribution is -2.70. The summed E-state index contributed by atoms with van der Waals surface area (Å²) in [5, 5.41) is 31.7. The van der Waals surface area contributed by atoms with Crippen LogP contribution in [0, 0.1) is 40.4 Å². The van der Waals surface area contributed by atoms with E-state index < -0.39 is 29.2 Å². The summed E-state index contributed by atoms with van der Waals surface area (Å²) in [4.78, 5) is 26.3. The third kappa shape index (κ3) is 3.14. The van der Waals surface area contributed by atoms with Gasteiger partial charge in [0, 0.05) is 20.0 Å². The number of methoxy groups -OCH3 is 1. The van der Waals surface area contributed by atoms with E-state index >= 15 is 0 Å². The molecule has 3 N–H and O–H groups in total. The van der Waals surface area contributed by atoms with Crippen molar-refractivity contribution in [1.29, 1.82) is 0 Å². The fourth-order valence-electron chi connectivity index (χ4n) is 10.3. The number of fused-ring (bicyclic) bond motifs is 4. The van der Waals surface area contributed by atoms with Gasteiger partial charge in [0.25, 0.3) is 0 Å². The standard InChI is InChI=1S/C29H42O8/c1-14-9-21(36-26(34)17(14)12-30)15(2)18-5-6-19-16-10-24-29(37-24)25(33)22(35-4)11-23(32)28(29,13-31)20(16)7-8-27(18,19)3/h15-16,18-22,24-25,30-31,33H,5-13H2,1-4H3/t15-,16?,18?,19?,20?,21?,22-,24+,25-,27+,28-,29-/m0/s1. The van der Waals surface area contributed by atoms with Gasteiger partial charge in [-0.1, -0.05) is 19.4 Å². The van der Waals surface area contributed by atoms with Gasteiger partial charge in [-0.3, -0.25) is 4.79 Å². The zero-order valence-corrected chi connectivity index (χ0v) is 22.4. The SMILES string of the molecule is CO[C@H]1CC(=O)[C@]2(CO)C3CC[C@@]4(C)C(CCC4[C@H](C)C4CC(C)=C(CO)C(=O)O4)C3C[C@H]3O[C@]32[C@H]1O. The van der Waals surface area contributed by atoms with Crippen molar-refractivity contribution in [3.05, 3.63) is 11.1 Å². The van der Waals surface area contributed by atoms with Gasteiger partial charge in [-0.2, -0.15) is 0 Å². The van der Waals surface area contributed by atoms with Crippen LogP contribution < -0.4 is 0 Å². The Labute approximate surface area is 218 Å². The number of hydrogen-bond donors (Lipinski definition) is 3. The molecule has 0 radical (unpaired) electrons. The predicted octanol–water partition coefficient (Wildman–Crippen LogP) is 2.17. The zero-order chi connectivity index (χ0) is 26.5. The second-order valence-electron chi connectivity index (χ2n) is 13.1. The van der Waals surface area contributed by atoms with Crippen LogP contribution in [0.5, 0.6) is 0 Å². The Kier molecular flexibility index (Phi) is 6.02. The second-order valence-corrected chi connectivity index (χ2v) is 13.1. The van der Waals surface area contributed by atoms with Gasteiger partial charge in [0.15, 0.2) is 0 Å². The number of esters is 1. The summed E-state index contributed by atoms with van der Waals surface area (Å²) in [5.74, 6) is 0.753. The Balaban J connectivity index is 1.28. The van der Waals surface area contributed by atoms with Gasteiger partial charge in [-0.15, -0.1) is 0 Å². The quantitative estimate of drug-likeness (QED) is 0.374. The van der Waals surface area contributed by atoms with Crippen LogP contribution in [-0.4, -0.2) is 77.4 Å². The topological polar surface area (TPSA) is 126 Å². The van der Waals surface area contributed by atoms with Crippen molar-refractivity contribution in [2.45, 2.75) is 95.7 Å². The first kappa shape index (κ1) is 25.9. The molecular weight excluding hydrogens is 476 g/mol. The van der Waals surface area contributed by atoms with E-state index in [9.17, 15) is 24.9 Å². The van der Waals surface area contributed by atoms with Crippen molar-refractivity contribution in [3.8, 4) is 0 Å². The third-order valence-corrected chi connectivity index (χ3v) is 12.2. The number of Topliss-reactive ketones (excluding diaryl/α,β-unsaturated/α-hetero) is 1. The van der Waals surface area contributed by atoms with E-state index in [1.165, 1.54) is 7.11 Å². The molecule has 2 heterocycles. The van der Waals surface area contributed by atoms with E-state index in [0.717, 1.165) is 37.7 Å². The van der Waals surface area contributed by atoms with Crippen molar-refractivity contribution < 1.29 is 39.1 Å². The van der Waals surface area contributed by atoms with Crippen molar-refractivity contribution in [3.63, 3.8) is 0 Å². The van der Waals surface area contributed by atoms with E-state index in [2.05, 4.69) is 13.8 Å². The Morgan fingerprint density at radius 3 is 2.54 bits per heavy atom. The number of ether oxygens (including phenoxy) is 3. The summed E-state index contributed by atoms with van der Waals surface area (Å²) in [6.07, 6.45) is 3.45. The van der Waals surface area contributed by atoms with Gasteiger partial charge < -0.3 is 29.5 Å². The molecule has 0 aromatic carbocycles. The molecule has 5 unspecified atom stereocenters. The van der Waals surface area contributed by atoms with Crippen molar-refractivity contribution in [2.75, 3.05) is 20.3 Å². The predicted molar refractivity (Wildman–Crippen MR) is 132 cm³/mol. The molecule has 0 aromatic heterocycles. The van der Waals surface area contributed by atoms with Crippen LogP contribution in [0.25, 0.3) is 0 Å². The van der Waals surface area contributed by atoms with Crippen molar-refractivity contribution in [1.82, 2.24) is 0 Å². The molecule has 2 aliphatic heterocycles. The van der Waals surface area contributed by atoms with E-state index in [-0.39, 0.29) is 60.8 Å². The molecular formula is C29H42O8. The largest absolute Gasteiger partial charge is 0.458 e. The first-order chi connectivity index (χ1) is 17.6. The summed E-state index contributed by atoms with van der Waals surface area (Å²) in [7, 11) is 1.52. The zero-order valence-electron chi connectivity index (χ0n) is 22.4. The first-order valence-corrected chi connectivity index (χ1v) is 14.1. The fourth-order valence-corrected chi connectivity index (χ4v) is 10.3. The molecule has 8 nitrogen and oxygen atoms in total. The molecule has 6 rings (SSSR count). The fraction of sp³-hybridized carbons (Fsp3) is 0.862. The Morgan fingerprint density at radius 1 is 1.14 bits per heavy atom. The number of aliphatic hydroxyl groups is 3. The minimum absolute atomic E-state index is 0.0202. The van der Waals surface area contributed by atoms with E-state index in [1.54, 1.807) is 0 Å². The molecule has 8 heteroatoms. The second kappa shape index (κ2) is 8.59. The molecule has 0 bridgehead atoms. The van der Waals surface area contributed by atoms with Crippen LogP contribution in [0.1, 0.15) is 65.7 Å². The number of hydrogen-bond acceptors (Lipinski definition) is 8. The maximum Gasteiger partial charge on any atom is 0.336 e. The number of ketones is 1. The molecule has 5 fully saturated rings. The maximum absolute atomic E-state index is 13.7. The number of carbonyl (C=O) groups excluding carboxylic acids is 2. The van der Waals surface area contributed by atoms with Gasteiger partial charge in [0.2, 0.25) is 0 Å². The van der Waals surface area contributed by atoms with Gasteiger partial charge >= 0.3 is 5.97 Å². The smallest absolute Gasteiger partial charge is 0.336 e. The highest BCUT2D eigenvalue weighted by molar-refractivity contribution is 5.91. The number of carbonyl (C=O) groups is 2. The van der Waals surface area contributed by atoms with Crippen LogP contribution in [0.3, 0.4) is 0 Å². The summed E-state index contributed by atoms with van der Waals surface area (Å²) in [6.45, 7) is 5.92. The highest BCUT2D eigenvalue weighted by Crippen LogP contribution is 2.73. The molecule has 6 aliphatic rings. The van der Waals surface area contributed by atoms with Crippen LogP contribution >= 0.6 is 0 Å². The molecule has 12 atom stereocenters. The molecule has 4 aliphatic carbocycles. The number of aliphatic hydroxyl groups excluding tert-OH is 3. The molecule has 0 aromatic rings. The molecule has 37 heavy (non-hydrogen) atoms. The Hall–Kier alpha value is -1.32. The average Bonchev–Trinajstić information content (AvgIpc) is 3.50. The highest BCUT2D eigenvalue weighted by Gasteiger charge is 2.83. The summed E-state index contributed by atoms with van der Waals surface area (Å²) < 4.78 is 17.6. The Morgan fingerprint density at radius 2 is 1.89 bits per heavy atom. The lowest BCUT2D eigenvalue weighted by atomic mass is 9.43. The van der Waals surface area contributed by atoms with Gasteiger partial charge in [0.1, 0.15) is 23.6 Å². The van der Waals surface area contributed by atoms with E-state index in [1.807, 2.05) is 6.92 Å². The summed E-state index contributed by atoms with van der Waals surface area (Å²) >= 11 is 0. The van der Waals surface area contributed by atoms with Crippen LogP contribution in [-0.2, 0) is 23.8 Å². The average molecular weight is 519 g/mol. The molecule has 1 saturated heterocycles. The monoisotopic (exact) mass is 518 g/mol. The lowest BCUT2D eigenvalue weighted by molar-refractivity contribution is -0.195. The van der Waals surface area contributed by atoms with E-state index in [0.29, 0.717) is 23.8 Å². The number of rotatable bonds is 5. The first-order valence-electron chi connectivity index (χ1n) is 14.1. The summed E-state index contributed by atoms with van der Waals surface area (Å²) in [6, 6.07) is 0. The highest BCUT2D eigenvalue weighted by atomic mass is 16.6.